The second-order valence-electron chi connectivity index (χ2n) is 7.26. The smallest absolute Gasteiger partial charge is 0.220 e. The topological polar surface area (TPSA) is 58.4 Å². The average molecular weight is 281 g/mol. The predicted octanol–water partition coefficient (Wildman–Crippen LogP) is 1.88. The summed E-state index contributed by atoms with van der Waals surface area (Å²) < 4.78 is 0. The number of rotatable bonds is 6. The summed E-state index contributed by atoms with van der Waals surface area (Å²) in [6.07, 6.45) is 7.57. The molecule has 0 bridgehead atoms. The molecule has 0 aromatic rings. The predicted molar refractivity (Wildman–Crippen MR) is 82.4 cm³/mol. The van der Waals surface area contributed by atoms with E-state index in [0.29, 0.717) is 25.0 Å². The zero-order valence-electron chi connectivity index (χ0n) is 13.2. The van der Waals surface area contributed by atoms with Crippen molar-refractivity contribution in [2.75, 3.05) is 19.6 Å². The molecule has 0 aromatic heterocycles. The highest BCUT2D eigenvalue weighted by atomic mass is 16.1. The van der Waals surface area contributed by atoms with Gasteiger partial charge in [-0.2, -0.15) is 0 Å². The van der Waals surface area contributed by atoms with Crippen LogP contribution in [0.25, 0.3) is 0 Å². The third-order valence-corrected chi connectivity index (χ3v) is 5.05. The fraction of sp³-hybridized carbons (Fsp3) is 0.938. The van der Waals surface area contributed by atoms with E-state index in [1.54, 1.807) is 0 Å². The molecule has 4 heteroatoms. The first-order valence-corrected chi connectivity index (χ1v) is 8.25. The van der Waals surface area contributed by atoms with Gasteiger partial charge < -0.3 is 11.1 Å². The summed E-state index contributed by atoms with van der Waals surface area (Å²) >= 11 is 0. The maximum absolute atomic E-state index is 12.2. The van der Waals surface area contributed by atoms with Crippen molar-refractivity contribution in [1.29, 1.82) is 0 Å². The molecular weight excluding hydrogens is 250 g/mol. The molecule has 2 rings (SSSR count). The van der Waals surface area contributed by atoms with E-state index < -0.39 is 0 Å². The van der Waals surface area contributed by atoms with Crippen LogP contribution < -0.4 is 11.1 Å². The number of carbonyl (C=O) groups excluding carboxylic acids is 1. The molecule has 2 atom stereocenters. The molecule has 20 heavy (non-hydrogen) atoms. The molecule has 0 saturated carbocycles. The Morgan fingerprint density at radius 3 is 2.80 bits per heavy atom. The van der Waals surface area contributed by atoms with Crippen molar-refractivity contribution in [3.05, 3.63) is 0 Å². The minimum atomic E-state index is 0.179. The maximum atomic E-state index is 12.2. The summed E-state index contributed by atoms with van der Waals surface area (Å²) in [6, 6.07) is 0.991. The summed E-state index contributed by atoms with van der Waals surface area (Å²) in [5.41, 5.74) is 5.80. The molecule has 2 fully saturated rings. The van der Waals surface area contributed by atoms with Gasteiger partial charge in [0, 0.05) is 25.0 Å². The number of nitrogens with two attached hydrogens (primary N) is 1. The Labute approximate surface area is 123 Å². The minimum absolute atomic E-state index is 0.179. The van der Waals surface area contributed by atoms with Gasteiger partial charge in [0.25, 0.3) is 0 Å². The number of nitrogens with one attached hydrogen (secondary N) is 1. The Balaban J connectivity index is 1.74. The van der Waals surface area contributed by atoms with Crippen LogP contribution in [0.1, 0.15) is 58.8 Å². The van der Waals surface area contributed by atoms with E-state index in [0.717, 1.165) is 25.8 Å². The molecule has 0 aromatic carbocycles. The van der Waals surface area contributed by atoms with Gasteiger partial charge in [0.1, 0.15) is 0 Å². The Morgan fingerprint density at radius 1 is 1.25 bits per heavy atom. The van der Waals surface area contributed by atoms with Crippen LogP contribution in [0.5, 0.6) is 0 Å². The number of piperidine rings is 1. The number of carbonyl (C=O) groups is 1. The highest BCUT2D eigenvalue weighted by molar-refractivity contribution is 5.76. The monoisotopic (exact) mass is 281 g/mol. The Kier molecular flexibility index (Phi) is 5.44. The highest BCUT2D eigenvalue weighted by Crippen LogP contribution is 2.28. The number of nitrogens with zero attached hydrogens (tertiary/aromatic N) is 1. The SMILES string of the molecule is CC(C)(CCN)CCC(=O)NC1CCN2CCCCC12. The molecule has 0 radical (unpaired) electrons. The van der Waals surface area contributed by atoms with Gasteiger partial charge in [-0.05, 0) is 50.6 Å². The fourth-order valence-corrected chi connectivity index (χ4v) is 3.66. The Morgan fingerprint density at radius 2 is 2.05 bits per heavy atom. The number of fused-ring (bicyclic) bond motifs is 1. The zero-order chi connectivity index (χ0) is 14.6. The van der Waals surface area contributed by atoms with Crippen LogP contribution in [-0.2, 0) is 4.79 Å². The molecule has 3 N–H and O–H groups in total. The number of amides is 1. The second kappa shape index (κ2) is 6.90. The largest absolute Gasteiger partial charge is 0.352 e. The Bertz CT molecular complexity index is 330. The molecule has 2 unspecified atom stereocenters. The van der Waals surface area contributed by atoms with Gasteiger partial charge in [0.15, 0.2) is 0 Å². The van der Waals surface area contributed by atoms with Crippen molar-refractivity contribution in [1.82, 2.24) is 10.2 Å². The van der Waals surface area contributed by atoms with Crippen LogP contribution in [0.15, 0.2) is 0 Å². The van der Waals surface area contributed by atoms with E-state index in [1.165, 1.54) is 25.8 Å². The van der Waals surface area contributed by atoms with Crippen LogP contribution in [0.2, 0.25) is 0 Å². The molecule has 2 aliphatic heterocycles. The lowest BCUT2D eigenvalue weighted by molar-refractivity contribution is -0.122. The lowest BCUT2D eigenvalue weighted by atomic mass is 9.84. The third-order valence-electron chi connectivity index (χ3n) is 5.05. The molecule has 0 spiro atoms. The first-order valence-electron chi connectivity index (χ1n) is 8.25. The van der Waals surface area contributed by atoms with Gasteiger partial charge in [0.05, 0.1) is 0 Å². The van der Waals surface area contributed by atoms with Crippen LogP contribution in [0.4, 0.5) is 0 Å². The van der Waals surface area contributed by atoms with Gasteiger partial charge >= 0.3 is 0 Å². The molecular formula is C16H31N3O. The fourth-order valence-electron chi connectivity index (χ4n) is 3.66. The lowest BCUT2D eigenvalue weighted by Crippen LogP contribution is -2.46. The standard InChI is InChI=1S/C16H31N3O/c1-16(2,9-10-17)8-6-15(20)18-13-7-12-19-11-4-3-5-14(13)19/h13-14H,3-12,17H2,1-2H3,(H,18,20). The summed E-state index contributed by atoms with van der Waals surface area (Å²) in [5, 5.41) is 3.28. The van der Waals surface area contributed by atoms with Gasteiger partial charge in [-0.25, -0.2) is 0 Å². The molecule has 116 valence electrons. The zero-order valence-corrected chi connectivity index (χ0v) is 13.2. The molecule has 2 heterocycles. The quantitative estimate of drug-likeness (QED) is 0.781. The summed E-state index contributed by atoms with van der Waals surface area (Å²) in [4.78, 5) is 14.7. The van der Waals surface area contributed by atoms with Crippen molar-refractivity contribution >= 4 is 5.91 Å². The van der Waals surface area contributed by atoms with Crippen LogP contribution in [0, 0.1) is 5.41 Å². The van der Waals surface area contributed by atoms with E-state index in [1.807, 2.05) is 0 Å². The van der Waals surface area contributed by atoms with Crippen LogP contribution >= 0.6 is 0 Å². The van der Waals surface area contributed by atoms with Crippen LogP contribution in [-0.4, -0.2) is 42.5 Å². The van der Waals surface area contributed by atoms with Crippen molar-refractivity contribution in [2.45, 2.75) is 70.9 Å². The number of hydrogen-bond acceptors (Lipinski definition) is 3. The van der Waals surface area contributed by atoms with Crippen molar-refractivity contribution in [3.63, 3.8) is 0 Å². The van der Waals surface area contributed by atoms with Gasteiger partial charge in [-0.3, -0.25) is 9.69 Å². The molecule has 1 amide bonds. The van der Waals surface area contributed by atoms with Crippen molar-refractivity contribution < 1.29 is 4.79 Å². The van der Waals surface area contributed by atoms with E-state index in [-0.39, 0.29) is 11.3 Å². The van der Waals surface area contributed by atoms with E-state index in [4.69, 9.17) is 5.73 Å². The van der Waals surface area contributed by atoms with Gasteiger partial charge in [-0.15, -0.1) is 0 Å². The number of hydrogen-bond donors (Lipinski definition) is 2. The average Bonchev–Trinajstić information content (AvgIpc) is 2.80. The maximum Gasteiger partial charge on any atom is 0.220 e. The Hall–Kier alpha value is -0.610. The third kappa shape index (κ3) is 4.19. The molecule has 2 aliphatic rings. The van der Waals surface area contributed by atoms with Crippen molar-refractivity contribution in [2.24, 2.45) is 11.1 Å². The second-order valence-corrected chi connectivity index (χ2v) is 7.26. The molecule has 2 saturated heterocycles. The first-order chi connectivity index (χ1) is 9.52. The van der Waals surface area contributed by atoms with Crippen LogP contribution in [0.3, 0.4) is 0 Å². The lowest BCUT2D eigenvalue weighted by Gasteiger charge is -2.32. The summed E-state index contributed by atoms with van der Waals surface area (Å²) in [7, 11) is 0. The van der Waals surface area contributed by atoms with Crippen molar-refractivity contribution in [3.8, 4) is 0 Å². The summed E-state index contributed by atoms with van der Waals surface area (Å²) in [6.45, 7) is 7.49. The normalized spacial score (nSPS) is 27.4. The molecule has 4 nitrogen and oxygen atoms in total. The molecule has 0 aliphatic carbocycles. The van der Waals surface area contributed by atoms with Gasteiger partial charge in [0.2, 0.25) is 5.91 Å². The highest BCUT2D eigenvalue weighted by Gasteiger charge is 2.36. The minimum Gasteiger partial charge on any atom is -0.352 e. The van der Waals surface area contributed by atoms with Gasteiger partial charge in [-0.1, -0.05) is 20.3 Å². The first kappa shape index (κ1) is 15.8. The summed E-state index contributed by atoms with van der Waals surface area (Å²) in [5.74, 6) is 0.229. The van der Waals surface area contributed by atoms with E-state index in [9.17, 15) is 4.79 Å². The van der Waals surface area contributed by atoms with E-state index >= 15 is 0 Å². The van der Waals surface area contributed by atoms with E-state index in [2.05, 4.69) is 24.1 Å².